The van der Waals surface area contributed by atoms with Crippen molar-refractivity contribution < 1.29 is 5.11 Å². The van der Waals surface area contributed by atoms with Crippen LogP contribution in [-0.4, -0.2) is 31.1 Å². The molecule has 128 valence electrons. The van der Waals surface area contributed by atoms with Crippen LogP contribution >= 0.6 is 0 Å². The van der Waals surface area contributed by atoms with E-state index in [1.165, 1.54) is 0 Å². The minimum Gasteiger partial charge on any atom is -0.508 e. The first-order valence-corrected chi connectivity index (χ1v) is 8.01. The fraction of sp³-hybridized carbons (Fsp3) is 0.222. The first-order chi connectivity index (χ1) is 12.1. The third kappa shape index (κ3) is 4.87. The van der Waals surface area contributed by atoms with Crippen molar-refractivity contribution in [2.24, 2.45) is 0 Å². The topological polar surface area (TPSA) is 95.9 Å². The molecule has 0 bridgehead atoms. The van der Waals surface area contributed by atoms with E-state index in [9.17, 15) is 5.11 Å². The fourth-order valence-corrected chi connectivity index (χ4v) is 2.46. The van der Waals surface area contributed by atoms with Crippen molar-refractivity contribution in [1.82, 2.24) is 19.9 Å². The molecule has 0 radical (unpaired) electrons. The second kappa shape index (κ2) is 7.57. The van der Waals surface area contributed by atoms with E-state index >= 15 is 0 Å². The lowest BCUT2D eigenvalue weighted by Gasteiger charge is -2.15. The summed E-state index contributed by atoms with van der Waals surface area (Å²) in [7, 11) is 0. The van der Waals surface area contributed by atoms with Gasteiger partial charge in [0.25, 0.3) is 0 Å². The highest BCUT2D eigenvalue weighted by atomic mass is 16.3. The van der Waals surface area contributed by atoms with Crippen LogP contribution in [0.4, 0.5) is 17.5 Å². The van der Waals surface area contributed by atoms with Crippen LogP contribution < -0.4 is 10.6 Å². The predicted molar refractivity (Wildman–Crippen MR) is 97.0 cm³/mol. The fourth-order valence-electron chi connectivity index (χ4n) is 2.46. The van der Waals surface area contributed by atoms with Gasteiger partial charge < -0.3 is 15.7 Å². The molecule has 0 aliphatic rings. The van der Waals surface area contributed by atoms with E-state index in [0.717, 1.165) is 29.3 Å². The van der Waals surface area contributed by atoms with Gasteiger partial charge in [0.15, 0.2) is 0 Å². The molecule has 0 aliphatic heterocycles. The summed E-state index contributed by atoms with van der Waals surface area (Å²) in [4.78, 5) is 17.2. The number of nitrogens with zero attached hydrogens (tertiary/aromatic N) is 4. The van der Waals surface area contributed by atoms with E-state index in [2.05, 4.69) is 37.5 Å². The second-order valence-corrected chi connectivity index (χ2v) is 5.84. The first kappa shape index (κ1) is 16.6. The number of hydrogen-bond acceptors (Lipinski definition) is 7. The lowest BCUT2D eigenvalue weighted by molar-refractivity contribution is 0.475. The smallest absolute Gasteiger partial charge is 0.229 e. The molecule has 2 heterocycles. The van der Waals surface area contributed by atoms with E-state index in [4.69, 9.17) is 0 Å². The molecule has 7 heteroatoms. The number of rotatable bonds is 6. The molecule has 0 aliphatic carbocycles. The SMILES string of the molecule is Cc1cc(N[C@H](C)Cc2cnccn2)nc(Nc2cccc(O)c2)n1. The third-order valence-corrected chi connectivity index (χ3v) is 3.48. The molecule has 0 saturated heterocycles. The minimum atomic E-state index is 0.139. The van der Waals surface area contributed by atoms with Crippen molar-refractivity contribution in [1.29, 1.82) is 0 Å². The highest BCUT2D eigenvalue weighted by molar-refractivity contribution is 5.57. The Hall–Kier alpha value is -3.22. The van der Waals surface area contributed by atoms with E-state index in [-0.39, 0.29) is 11.8 Å². The third-order valence-electron chi connectivity index (χ3n) is 3.48. The molecule has 3 aromatic rings. The molecule has 2 aromatic heterocycles. The van der Waals surface area contributed by atoms with Crippen molar-refractivity contribution >= 4 is 17.5 Å². The number of nitrogens with one attached hydrogen (secondary N) is 2. The maximum atomic E-state index is 9.56. The summed E-state index contributed by atoms with van der Waals surface area (Å²) in [6, 6.07) is 8.87. The van der Waals surface area contributed by atoms with Crippen LogP contribution in [0.5, 0.6) is 5.75 Å². The maximum absolute atomic E-state index is 9.56. The van der Waals surface area contributed by atoms with Crippen LogP contribution in [0.3, 0.4) is 0 Å². The molecule has 25 heavy (non-hydrogen) atoms. The molecular weight excluding hydrogens is 316 g/mol. The van der Waals surface area contributed by atoms with Crippen LogP contribution in [0, 0.1) is 6.92 Å². The summed E-state index contributed by atoms with van der Waals surface area (Å²) in [5.41, 5.74) is 2.49. The van der Waals surface area contributed by atoms with Gasteiger partial charge in [0.2, 0.25) is 5.95 Å². The van der Waals surface area contributed by atoms with E-state index in [1.807, 2.05) is 19.1 Å². The van der Waals surface area contributed by atoms with Gasteiger partial charge in [0.1, 0.15) is 11.6 Å². The summed E-state index contributed by atoms with van der Waals surface area (Å²) < 4.78 is 0. The molecule has 0 spiro atoms. The van der Waals surface area contributed by atoms with Crippen LogP contribution in [-0.2, 0) is 6.42 Å². The Morgan fingerprint density at radius 3 is 2.80 bits per heavy atom. The number of benzene rings is 1. The van der Waals surface area contributed by atoms with Gasteiger partial charge in [-0.15, -0.1) is 0 Å². The van der Waals surface area contributed by atoms with Gasteiger partial charge in [-0.2, -0.15) is 4.98 Å². The number of aromatic hydroxyl groups is 1. The van der Waals surface area contributed by atoms with Crippen LogP contribution in [0.2, 0.25) is 0 Å². The molecule has 1 atom stereocenters. The van der Waals surface area contributed by atoms with Crippen LogP contribution in [0.25, 0.3) is 0 Å². The molecule has 0 unspecified atom stereocenters. The van der Waals surface area contributed by atoms with Gasteiger partial charge >= 0.3 is 0 Å². The zero-order chi connectivity index (χ0) is 17.6. The highest BCUT2D eigenvalue weighted by Gasteiger charge is 2.08. The second-order valence-electron chi connectivity index (χ2n) is 5.84. The molecule has 0 fully saturated rings. The van der Waals surface area contributed by atoms with Gasteiger partial charge in [-0.05, 0) is 26.0 Å². The number of aromatic nitrogens is 4. The minimum absolute atomic E-state index is 0.139. The monoisotopic (exact) mass is 336 g/mol. The predicted octanol–water partition coefficient (Wildman–Crippen LogP) is 3.07. The van der Waals surface area contributed by atoms with Gasteiger partial charge in [-0.25, -0.2) is 4.98 Å². The van der Waals surface area contributed by atoms with Crippen molar-refractivity contribution in [3.63, 3.8) is 0 Å². The molecule has 0 saturated carbocycles. The zero-order valence-corrected chi connectivity index (χ0v) is 14.1. The first-order valence-electron chi connectivity index (χ1n) is 8.01. The number of phenolic OH excluding ortho intramolecular Hbond substituents is 1. The number of phenols is 1. The summed E-state index contributed by atoms with van der Waals surface area (Å²) in [5, 5.41) is 16.0. The average molecular weight is 336 g/mol. The average Bonchev–Trinajstić information content (AvgIpc) is 2.55. The quantitative estimate of drug-likeness (QED) is 0.636. The van der Waals surface area contributed by atoms with Crippen molar-refractivity contribution in [2.75, 3.05) is 10.6 Å². The largest absolute Gasteiger partial charge is 0.508 e. The highest BCUT2D eigenvalue weighted by Crippen LogP contribution is 2.20. The van der Waals surface area contributed by atoms with Crippen molar-refractivity contribution in [3.8, 4) is 5.75 Å². The van der Waals surface area contributed by atoms with E-state index < -0.39 is 0 Å². The maximum Gasteiger partial charge on any atom is 0.229 e. The van der Waals surface area contributed by atoms with Gasteiger partial charge in [0.05, 0.1) is 5.69 Å². The van der Waals surface area contributed by atoms with Crippen LogP contribution in [0.1, 0.15) is 18.3 Å². The standard InChI is InChI=1S/C18H20N6O/c1-12(8-15-11-19-6-7-20-15)21-17-9-13(2)22-18(24-17)23-14-4-3-5-16(25)10-14/h3-7,9-12,25H,8H2,1-2H3,(H2,21,22,23,24)/t12-/m1/s1. The van der Waals surface area contributed by atoms with Crippen LogP contribution in [0.15, 0.2) is 48.9 Å². The Kier molecular flexibility index (Phi) is 5.03. The van der Waals surface area contributed by atoms with Crippen molar-refractivity contribution in [3.05, 3.63) is 60.3 Å². The summed E-state index contributed by atoms with van der Waals surface area (Å²) in [6.45, 7) is 3.97. The summed E-state index contributed by atoms with van der Waals surface area (Å²) >= 11 is 0. The molecule has 1 aromatic carbocycles. The number of aryl methyl sites for hydroxylation is 1. The summed E-state index contributed by atoms with van der Waals surface area (Å²) in [6.07, 6.45) is 5.85. The van der Waals surface area contributed by atoms with E-state index in [0.29, 0.717) is 5.95 Å². The van der Waals surface area contributed by atoms with Gasteiger partial charge in [-0.3, -0.25) is 9.97 Å². The molecule has 3 rings (SSSR count). The summed E-state index contributed by atoms with van der Waals surface area (Å²) in [5.74, 6) is 1.39. The zero-order valence-electron chi connectivity index (χ0n) is 14.1. The van der Waals surface area contributed by atoms with E-state index in [1.54, 1.807) is 36.8 Å². The van der Waals surface area contributed by atoms with Crippen molar-refractivity contribution in [2.45, 2.75) is 26.3 Å². The lowest BCUT2D eigenvalue weighted by atomic mass is 10.2. The lowest BCUT2D eigenvalue weighted by Crippen LogP contribution is -2.20. The Morgan fingerprint density at radius 1 is 1.16 bits per heavy atom. The molecule has 0 amide bonds. The number of anilines is 3. The Labute approximate surface area is 146 Å². The van der Waals surface area contributed by atoms with Gasteiger partial charge in [0, 0.05) is 54.6 Å². The Bertz CT molecular complexity index is 840. The molecule has 3 N–H and O–H groups in total. The Balaban J connectivity index is 1.70. The number of hydrogen-bond donors (Lipinski definition) is 3. The molecular formula is C18H20N6O. The van der Waals surface area contributed by atoms with Gasteiger partial charge in [-0.1, -0.05) is 6.07 Å². The Morgan fingerprint density at radius 2 is 2.04 bits per heavy atom. The molecule has 7 nitrogen and oxygen atoms in total. The normalized spacial score (nSPS) is 11.8.